The predicted octanol–water partition coefficient (Wildman–Crippen LogP) is 1.19. The van der Waals surface area contributed by atoms with Crippen LogP contribution in [0, 0.1) is 0 Å². The van der Waals surface area contributed by atoms with Crippen LogP contribution in [-0.4, -0.2) is 25.2 Å². The van der Waals surface area contributed by atoms with Gasteiger partial charge >= 0.3 is 5.97 Å². The number of carboxylic acids is 1. The van der Waals surface area contributed by atoms with Gasteiger partial charge in [0.15, 0.2) is 9.84 Å². The summed E-state index contributed by atoms with van der Waals surface area (Å²) in [6, 6.07) is 0. The van der Waals surface area contributed by atoms with Crippen molar-refractivity contribution in [3.05, 3.63) is 10.5 Å². The van der Waals surface area contributed by atoms with Crippen molar-refractivity contribution in [3.63, 3.8) is 0 Å². The second-order valence-electron chi connectivity index (χ2n) is 2.61. The molecule has 13 heavy (non-hydrogen) atoms. The maximum absolute atomic E-state index is 11.4. The molecule has 0 aromatic heterocycles. The number of allylic oxidation sites excluding steroid dienone is 1. The first kappa shape index (κ1) is 12.2. The van der Waals surface area contributed by atoms with Gasteiger partial charge in [0.25, 0.3) is 0 Å². The van der Waals surface area contributed by atoms with Gasteiger partial charge in [0.2, 0.25) is 0 Å². The first-order valence-electron chi connectivity index (χ1n) is 4.02. The van der Waals surface area contributed by atoms with Crippen molar-refractivity contribution in [2.45, 2.75) is 27.2 Å². The molecule has 0 fully saturated rings. The third-order valence-electron chi connectivity index (χ3n) is 1.82. The summed E-state index contributed by atoms with van der Waals surface area (Å²) in [4.78, 5) is 10.6. The molecule has 5 heteroatoms. The van der Waals surface area contributed by atoms with Crippen LogP contribution in [0.5, 0.6) is 0 Å². The van der Waals surface area contributed by atoms with E-state index in [1.807, 2.05) is 0 Å². The van der Waals surface area contributed by atoms with Crippen molar-refractivity contribution in [2.24, 2.45) is 0 Å². The second kappa shape index (κ2) is 4.41. The van der Waals surface area contributed by atoms with E-state index < -0.39 is 15.8 Å². The Morgan fingerprint density at radius 2 is 1.77 bits per heavy atom. The minimum Gasteiger partial charge on any atom is -0.478 e. The molecule has 0 spiro atoms. The van der Waals surface area contributed by atoms with Crippen LogP contribution in [0.15, 0.2) is 10.5 Å². The lowest BCUT2D eigenvalue weighted by molar-refractivity contribution is -0.132. The Labute approximate surface area is 78.2 Å². The molecule has 0 saturated heterocycles. The van der Waals surface area contributed by atoms with Crippen LogP contribution in [0.3, 0.4) is 0 Å². The van der Waals surface area contributed by atoms with Gasteiger partial charge in [-0.15, -0.1) is 0 Å². The number of sulfone groups is 1. The summed E-state index contributed by atoms with van der Waals surface area (Å²) in [5, 5.41) is 8.62. The molecular weight excluding hydrogens is 192 g/mol. The fourth-order valence-corrected chi connectivity index (χ4v) is 2.35. The van der Waals surface area contributed by atoms with Gasteiger partial charge < -0.3 is 5.11 Å². The molecule has 0 unspecified atom stereocenters. The van der Waals surface area contributed by atoms with E-state index in [2.05, 4.69) is 0 Å². The minimum atomic E-state index is -3.36. The van der Waals surface area contributed by atoms with Crippen LogP contribution in [-0.2, 0) is 14.6 Å². The standard InChI is InChI=1S/C8H14O4S/c1-4-7(6(3)8(9)10)13(11,12)5-2/h4-5H2,1-3H3,(H,9,10)/b7-6+. The molecule has 0 amide bonds. The molecule has 0 aliphatic heterocycles. The molecule has 0 aromatic rings. The Morgan fingerprint density at radius 1 is 1.31 bits per heavy atom. The van der Waals surface area contributed by atoms with Crippen molar-refractivity contribution in [3.8, 4) is 0 Å². The zero-order valence-electron chi connectivity index (χ0n) is 7.99. The van der Waals surface area contributed by atoms with Crippen LogP contribution in [0.2, 0.25) is 0 Å². The lowest BCUT2D eigenvalue weighted by Crippen LogP contribution is -2.12. The lowest BCUT2D eigenvalue weighted by atomic mass is 10.2. The molecule has 0 aliphatic rings. The average Bonchev–Trinajstić information content (AvgIpc) is 2.05. The van der Waals surface area contributed by atoms with E-state index in [9.17, 15) is 13.2 Å². The zero-order valence-corrected chi connectivity index (χ0v) is 8.81. The molecule has 0 atom stereocenters. The predicted molar refractivity (Wildman–Crippen MR) is 50.1 cm³/mol. The Kier molecular flexibility index (Phi) is 4.13. The van der Waals surface area contributed by atoms with E-state index in [4.69, 9.17) is 5.11 Å². The molecule has 76 valence electrons. The summed E-state index contributed by atoms with van der Waals surface area (Å²) in [5.41, 5.74) is -0.0793. The van der Waals surface area contributed by atoms with Crippen molar-refractivity contribution in [2.75, 3.05) is 5.75 Å². The monoisotopic (exact) mass is 206 g/mol. The van der Waals surface area contributed by atoms with Gasteiger partial charge in [-0.3, -0.25) is 0 Å². The minimum absolute atomic E-state index is 0.0301. The van der Waals surface area contributed by atoms with E-state index in [0.29, 0.717) is 0 Å². The van der Waals surface area contributed by atoms with Gasteiger partial charge in [0.05, 0.1) is 10.7 Å². The quantitative estimate of drug-likeness (QED) is 0.701. The summed E-state index contributed by atoms with van der Waals surface area (Å²) in [6.45, 7) is 4.45. The van der Waals surface area contributed by atoms with Gasteiger partial charge in [-0.25, -0.2) is 13.2 Å². The number of carbonyl (C=O) groups is 1. The van der Waals surface area contributed by atoms with Crippen molar-refractivity contribution in [1.29, 1.82) is 0 Å². The molecule has 0 rings (SSSR count). The van der Waals surface area contributed by atoms with E-state index in [1.165, 1.54) is 13.8 Å². The SMILES string of the molecule is CC/C(=C(/C)C(=O)O)S(=O)(=O)CC. The van der Waals surface area contributed by atoms with Crippen LogP contribution >= 0.6 is 0 Å². The average molecular weight is 206 g/mol. The topological polar surface area (TPSA) is 71.4 Å². The maximum atomic E-state index is 11.4. The normalized spacial score (nSPS) is 13.8. The molecule has 0 radical (unpaired) electrons. The number of aliphatic carboxylic acids is 1. The highest BCUT2D eigenvalue weighted by Crippen LogP contribution is 2.16. The van der Waals surface area contributed by atoms with Crippen molar-refractivity contribution >= 4 is 15.8 Å². The summed E-state index contributed by atoms with van der Waals surface area (Å²) in [7, 11) is -3.36. The highest BCUT2D eigenvalue weighted by molar-refractivity contribution is 7.95. The maximum Gasteiger partial charge on any atom is 0.332 e. The van der Waals surface area contributed by atoms with E-state index in [-0.39, 0.29) is 22.7 Å². The Morgan fingerprint density at radius 3 is 2.00 bits per heavy atom. The zero-order chi connectivity index (χ0) is 10.6. The van der Waals surface area contributed by atoms with Crippen molar-refractivity contribution < 1.29 is 18.3 Å². The van der Waals surface area contributed by atoms with E-state index >= 15 is 0 Å². The van der Waals surface area contributed by atoms with Gasteiger partial charge in [-0.2, -0.15) is 0 Å². The van der Waals surface area contributed by atoms with Gasteiger partial charge in [-0.05, 0) is 13.3 Å². The summed E-state index contributed by atoms with van der Waals surface area (Å²) >= 11 is 0. The molecule has 0 saturated carbocycles. The molecule has 1 N–H and O–H groups in total. The van der Waals surface area contributed by atoms with E-state index in [0.717, 1.165) is 0 Å². The third kappa shape index (κ3) is 2.84. The first-order valence-corrected chi connectivity index (χ1v) is 5.67. The molecule has 0 aliphatic carbocycles. The molecule has 4 nitrogen and oxygen atoms in total. The fourth-order valence-electron chi connectivity index (χ4n) is 1.01. The molecule has 0 aromatic carbocycles. The molecule has 0 bridgehead atoms. The summed E-state index contributed by atoms with van der Waals surface area (Å²) in [6.07, 6.45) is 0.230. The summed E-state index contributed by atoms with van der Waals surface area (Å²) < 4.78 is 22.7. The largest absolute Gasteiger partial charge is 0.478 e. The number of carboxylic acid groups (broad SMARTS) is 1. The number of hydrogen-bond acceptors (Lipinski definition) is 3. The van der Waals surface area contributed by atoms with Gasteiger partial charge in [0, 0.05) is 5.57 Å². The smallest absolute Gasteiger partial charge is 0.332 e. The van der Waals surface area contributed by atoms with Crippen LogP contribution in [0.1, 0.15) is 27.2 Å². The first-order chi connectivity index (χ1) is 5.86. The van der Waals surface area contributed by atoms with E-state index in [1.54, 1.807) is 6.92 Å². The van der Waals surface area contributed by atoms with Crippen LogP contribution < -0.4 is 0 Å². The third-order valence-corrected chi connectivity index (χ3v) is 3.92. The highest BCUT2D eigenvalue weighted by atomic mass is 32.2. The Balaban J connectivity index is 5.37. The molecular formula is C8H14O4S. The lowest BCUT2D eigenvalue weighted by Gasteiger charge is -2.06. The van der Waals surface area contributed by atoms with Gasteiger partial charge in [0.1, 0.15) is 0 Å². The van der Waals surface area contributed by atoms with Crippen LogP contribution in [0.25, 0.3) is 0 Å². The second-order valence-corrected chi connectivity index (χ2v) is 4.91. The number of hydrogen-bond donors (Lipinski definition) is 1. The molecule has 0 heterocycles. The fraction of sp³-hybridized carbons (Fsp3) is 0.625. The van der Waals surface area contributed by atoms with Gasteiger partial charge in [-0.1, -0.05) is 13.8 Å². The Bertz CT molecular complexity index is 324. The Hall–Kier alpha value is -0.840. The summed E-state index contributed by atoms with van der Waals surface area (Å²) in [5.74, 6) is -1.23. The number of rotatable bonds is 4. The highest BCUT2D eigenvalue weighted by Gasteiger charge is 2.19. The van der Waals surface area contributed by atoms with Crippen LogP contribution in [0.4, 0.5) is 0 Å². The van der Waals surface area contributed by atoms with Crippen molar-refractivity contribution in [1.82, 2.24) is 0 Å².